The fourth-order valence-corrected chi connectivity index (χ4v) is 2.13. The lowest BCUT2D eigenvalue weighted by molar-refractivity contribution is 0.209. The summed E-state index contributed by atoms with van der Waals surface area (Å²) in [5.41, 5.74) is 0.537. The first-order valence-corrected chi connectivity index (χ1v) is 6.30. The fourth-order valence-electron chi connectivity index (χ4n) is 1.94. The van der Waals surface area contributed by atoms with Crippen molar-refractivity contribution in [2.45, 2.75) is 6.10 Å². The average Bonchev–Trinajstić information content (AvgIpc) is 2.48. The third kappa shape index (κ3) is 2.71. The summed E-state index contributed by atoms with van der Waals surface area (Å²) < 4.78 is 24.2. The number of aliphatic hydroxyl groups excluding tert-OH is 1. The number of methoxy groups -OCH3 is 2. The summed E-state index contributed by atoms with van der Waals surface area (Å²) in [5, 5.41) is 10.3. The van der Waals surface area contributed by atoms with Crippen LogP contribution in [-0.2, 0) is 0 Å². The van der Waals surface area contributed by atoms with E-state index in [2.05, 4.69) is 0 Å². The van der Waals surface area contributed by atoms with Crippen LogP contribution in [0.25, 0.3) is 0 Å². The maximum Gasteiger partial charge on any atom is 0.147 e. The van der Waals surface area contributed by atoms with Crippen LogP contribution in [0.5, 0.6) is 11.5 Å². The highest BCUT2D eigenvalue weighted by atomic mass is 35.5. The Bertz CT molecular complexity index is 616. The van der Waals surface area contributed by atoms with Gasteiger partial charge in [-0.15, -0.1) is 0 Å². The highest BCUT2D eigenvalue weighted by molar-refractivity contribution is 6.30. The summed E-state index contributed by atoms with van der Waals surface area (Å²) in [6.45, 7) is 0. The van der Waals surface area contributed by atoms with E-state index in [9.17, 15) is 9.50 Å². The van der Waals surface area contributed by atoms with Crippen molar-refractivity contribution in [3.8, 4) is 11.5 Å². The van der Waals surface area contributed by atoms with Crippen molar-refractivity contribution < 1.29 is 19.0 Å². The van der Waals surface area contributed by atoms with Crippen LogP contribution in [0.3, 0.4) is 0 Å². The molecule has 2 aromatic rings. The van der Waals surface area contributed by atoms with Crippen LogP contribution in [0.15, 0.2) is 36.4 Å². The predicted molar refractivity (Wildman–Crippen MR) is 75.0 cm³/mol. The van der Waals surface area contributed by atoms with Gasteiger partial charge in [-0.05, 0) is 18.2 Å². The number of halogens is 2. The Morgan fingerprint density at radius 2 is 1.85 bits per heavy atom. The smallest absolute Gasteiger partial charge is 0.147 e. The van der Waals surface area contributed by atoms with Crippen LogP contribution in [0.1, 0.15) is 17.2 Å². The van der Waals surface area contributed by atoms with Gasteiger partial charge in [-0.25, -0.2) is 4.39 Å². The molecule has 1 N–H and O–H groups in total. The molecule has 1 unspecified atom stereocenters. The minimum Gasteiger partial charge on any atom is -0.497 e. The highest BCUT2D eigenvalue weighted by Crippen LogP contribution is 2.35. The molecule has 0 radical (unpaired) electrons. The molecule has 0 amide bonds. The van der Waals surface area contributed by atoms with Crippen molar-refractivity contribution in [3.05, 3.63) is 58.4 Å². The summed E-state index contributed by atoms with van der Waals surface area (Å²) in [5.74, 6) is 0.361. The molecule has 2 rings (SSSR count). The Kier molecular flexibility index (Phi) is 4.47. The van der Waals surface area contributed by atoms with Gasteiger partial charge in [0, 0.05) is 17.2 Å². The van der Waals surface area contributed by atoms with E-state index >= 15 is 0 Å². The normalized spacial score (nSPS) is 12.1. The van der Waals surface area contributed by atoms with Crippen molar-refractivity contribution in [2.75, 3.05) is 14.2 Å². The molecule has 0 saturated carbocycles. The SMILES string of the molecule is COc1ccc(C(O)c2cccc(Cl)c2F)c(OC)c1. The Morgan fingerprint density at radius 1 is 1.10 bits per heavy atom. The molecule has 0 fully saturated rings. The summed E-state index contributed by atoms with van der Waals surface area (Å²) >= 11 is 5.73. The van der Waals surface area contributed by atoms with E-state index in [4.69, 9.17) is 21.1 Å². The molecule has 0 aromatic heterocycles. The largest absolute Gasteiger partial charge is 0.497 e. The second kappa shape index (κ2) is 6.11. The lowest BCUT2D eigenvalue weighted by atomic mass is 10.00. The lowest BCUT2D eigenvalue weighted by Crippen LogP contribution is -2.05. The number of ether oxygens (including phenoxy) is 2. The van der Waals surface area contributed by atoms with E-state index in [1.165, 1.54) is 26.4 Å². The van der Waals surface area contributed by atoms with E-state index in [1.807, 2.05) is 0 Å². The van der Waals surface area contributed by atoms with Gasteiger partial charge in [-0.2, -0.15) is 0 Å². The zero-order valence-corrected chi connectivity index (χ0v) is 11.8. The van der Waals surface area contributed by atoms with Crippen molar-refractivity contribution in [3.63, 3.8) is 0 Å². The molecule has 0 spiro atoms. The molecule has 1 atom stereocenters. The third-order valence-corrected chi connectivity index (χ3v) is 3.30. The number of hydrogen-bond donors (Lipinski definition) is 1. The Hall–Kier alpha value is -1.78. The topological polar surface area (TPSA) is 38.7 Å². The maximum atomic E-state index is 14.0. The van der Waals surface area contributed by atoms with Gasteiger partial charge in [0.15, 0.2) is 0 Å². The van der Waals surface area contributed by atoms with E-state index in [-0.39, 0.29) is 10.6 Å². The second-order valence-corrected chi connectivity index (χ2v) is 4.56. The molecular weight excluding hydrogens is 283 g/mol. The summed E-state index contributed by atoms with van der Waals surface area (Å²) in [6.07, 6.45) is -1.17. The van der Waals surface area contributed by atoms with Crippen molar-refractivity contribution in [1.82, 2.24) is 0 Å². The number of benzene rings is 2. The van der Waals surface area contributed by atoms with Gasteiger partial charge < -0.3 is 14.6 Å². The minimum absolute atomic E-state index is 0.0333. The van der Waals surface area contributed by atoms with Crippen LogP contribution in [0.4, 0.5) is 4.39 Å². The Morgan fingerprint density at radius 3 is 2.50 bits per heavy atom. The van der Waals surface area contributed by atoms with Crippen LogP contribution in [0, 0.1) is 5.82 Å². The zero-order valence-electron chi connectivity index (χ0n) is 11.1. The molecule has 20 heavy (non-hydrogen) atoms. The third-order valence-electron chi connectivity index (χ3n) is 3.01. The van der Waals surface area contributed by atoms with Gasteiger partial charge in [0.2, 0.25) is 0 Å². The van der Waals surface area contributed by atoms with Crippen LogP contribution in [-0.4, -0.2) is 19.3 Å². The molecule has 0 saturated heterocycles. The van der Waals surface area contributed by atoms with Gasteiger partial charge in [-0.1, -0.05) is 23.7 Å². The molecule has 0 aliphatic carbocycles. The van der Waals surface area contributed by atoms with E-state index < -0.39 is 11.9 Å². The van der Waals surface area contributed by atoms with Crippen LogP contribution in [0.2, 0.25) is 5.02 Å². The number of rotatable bonds is 4. The zero-order chi connectivity index (χ0) is 14.7. The van der Waals surface area contributed by atoms with E-state index in [0.717, 1.165) is 0 Å². The summed E-state index contributed by atoms with van der Waals surface area (Å²) in [7, 11) is 3.00. The Labute approximate surface area is 121 Å². The Balaban J connectivity index is 2.47. The standard InChI is InChI=1S/C15H14ClFO3/c1-19-9-6-7-10(13(8-9)20-2)15(18)11-4-3-5-12(16)14(11)17/h3-8,15,18H,1-2H3. The molecule has 0 bridgehead atoms. The number of hydrogen-bond acceptors (Lipinski definition) is 3. The van der Waals surface area contributed by atoms with Crippen molar-refractivity contribution >= 4 is 11.6 Å². The van der Waals surface area contributed by atoms with Gasteiger partial charge in [0.05, 0.1) is 19.2 Å². The second-order valence-electron chi connectivity index (χ2n) is 4.15. The van der Waals surface area contributed by atoms with Crippen molar-refractivity contribution in [1.29, 1.82) is 0 Å². The monoisotopic (exact) mass is 296 g/mol. The van der Waals surface area contributed by atoms with E-state index in [1.54, 1.807) is 24.3 Å². The molecule has 0 aliphatic heterocycles. The predicted octanol–water partition coefficient (Wildman–Crippen LogP) is 3.58. The number of aliphatic hydroxyl groups is 1. The first-order valence-electron chi connectivity index (χ1n) is 5.92. The van der Waals surface area contributed by atoms with Gasteiger partial charge in [0.1, 0.15) is 23.4 Å². The fraction of sp³-hybridized carbons (Fsp3) is 0.200. The van der Waals surface area contributed by atoms with E-state index in [0.29, 0.717) is 17.1 Å². The first-order chi connectivity index (χ1) is 9.58. The molecule has 5 heteroatoms. The van der Waals surface area contributed by atoms with Gasteiger partial charge in [0.25, 0.3) is 0 Å². The van der Waals surface area contributed by atoms with Crippen LogP contribution >= 0.6 is 11.6 Å². The van der Waals surface area contributed by atoms with Gasteiger partial charge >= 0.3 is 0 Å². The molecule has 106 valence electrons. The van der Waals surface area contributed by atoms with Crippen LogP contribution < -0.4 is 9.47 Å². The molecule has 2 aromatic carbocycles. The molecular formula is C15H14ClFO3. The summed E-state index contributed by atoms with van der Waals surface area (Å²) in [4.78, 5) is 0. The minimum atomic E-state index is -1.17. The lowest BCUT2D eigenvalue weighted by Gasteiger charge is -2.17. The quantitative estimate of drug-likeness (QED) is 0.937. The summed E-state index contributed by atoms with van der Waals surface area (Å²) in [6, 6.07) is 9.42. The molecule has 0 aliphatic rings. The molecule has 0 heterocycles. The highest BCUT2D eigenvalue weighted by Gasteiger charge is 2.20. The first kappa shape index (κ1) is 14.6. The maximum absolute atomic E-state index is 14.0. The van der Waals surface area contributed by atoms with Crippen molar-refractivity contribution in [2.24, 2.45) is 0 Å². The van der Waals surface area contributed by atoms with Gasteiger partial charge in [-0.3, -0.25) is 0 Å². The molecule has 3 nitrogen and oxygen atoms in total. The average molecular weight is 297 g/mol.